The number of hydrogen-bond donors (Lipinski definition) is 0. The minimum atomic E-state index is -0.564. The molecule has 0 bridgehead atoms. The second-order valence-electron chi connectivity index (χ2n) is 8.65. The SMILES string of the molecule is COc1ccc2c(c1)N(C(C)(C)C)C(=O)C(C)N2C(=O)C[C@H](C)c1ccccc1. The number of ether oxygens (including phenoxy) is 1. The van der Waals surface area contributed by atoms with Crippen molar-refractivity contribution >= 4 is 23.2 Å². The summed E-state index contributed by atoms with van der Waals surface area (Å²) >= 11 is 0. The first-order valence-electron chi connectivity index (χ1n) is 10.0. The maximum atomic E-state index is 13.3. The Kier molecular flexibility index (Phi) is 5.69. The van der Waals surface area contributed by atoms with Crippen LogP contribution in [0.25, 0.3) is 0 Å². The van der Waals surface area contributed by atoms with Crippen molar-refractivity contribution in [2.45, 2.75) is 58.5 Å². The van der Waals surface area contributed by atoms with Crippen LogP contribution in [0.2, 0.25) is 0 Å². The summed E-state index contributed by atoms with van der Waals surface area (Å²) in [6.45, 7) is 9.83. The molecule has 3 rings (SSSR count). The first kappa shape index (κ1) is 20.9. The highest BCUT2D eigenvalue weighted by Gasteiger charge is 2.43. The third-order valence-corrected chi connectivity index (χ3v) is 5.44. The Morgan fingerprint density at radius 3 is 2.34 bits per heavy atom. The summed E-state index contributed by atoms with van der Waals surface area (Å²) in [5, 5.41) is 0. The number of methoxy groups -OCH3 is 1. The zero-order valence-electron chi connectivity index (χ0n) is 18.1. The summed E-state index contributed by atoms with van der Waals surface area (Å²) in [6.07, 6.45) is 0.336. The Labute approximate surface area is 173 Å². The second-order valence-corrected chi connectivity index (χ2v) is 8.65. The molecular formula is C24H30N2O3. The van der Waals surface area contributed by atoms with E-state index in [-0.39, 0.29) is 17.7 Å². The molecule has 5 nitrogen and oxygen atoms in total. The maximum Gasteiger partial charge on any atom is 0.250 e. The first-order chi connectivity index (χ1) is 13.6. The van der Waals surface area contributed by atoms with E-state index in [0.717, 1.165) is 11.3 Å². The van der Waals surface area contributed by atoms with Crippen molar-refractivity contribution in [3.63, 3.8) is 0 Å². The third-order valence-electron chi connectivity index (χ3n) is 5.44. The molecule has 1 unspecified atom stereocenters. The van der Waals surface area contributed by atoms with E-state index in [1.54, 1.807) is 23.8 Å². The van der Waals surface area contributed by atoms with Gasteiger partial charge in [-0.15, -0.1) is 0 Å². The lowest BCUT2D eigenvalue weighted by molar-refractivity contribution is -0.125. The molecule has 29 heavy (non-hydrogen) atoms. The van der Waals surface area contributed by atoms with Crippen LogP contribution >= 0.6 is 0 Å². The van der Waals surface area contributed by atoms with E-state index >= 15 is 0 Å². The predicted molar refractivity (Wildman–Crippen MR) is 117 cm³/mol. The zero-order chi connectivity index (χ0) is 21.3. The van der Waals surface area contributed by atoms with Gasteiger partial charge in [-0.3, -0.25) is 14.5 Å². The normalized spacial score (nSPS) is 17.7. The highest BCUT2D eigenvalue weighted by Crippen LogP contribution is 2.42. The number of nitrogens with zero attached hydrogens (tertiary/aromatic N) is 2. The summed E-state index contributed by atoms with van der Waals surface area (Å²) in [5.74, 6) is 0.583. The topological polar surface area (TPSA) is 49.9 Å². The molecule has 0 saturated heterocycles. The van der Waals surface area contributed by atoms with Crippen LogP contribution in [0.1, 0.15) is 52.5 Å². The zero-order valence-corrected chi connectivity index (χ0v) is 18.1. The van der Waals surface area contributed by atoms with Gasteiger partial charge < -0.3 is 9.64 Å². The fourth-order valence-electron chi connectivity index (χ4n) is 3.94. The summed E-state index contributed by atoms with van der Waals surface area (Å²) in [4.78, 5) is 30.1. The quantitative estimate of drug-likeness (QED) is 0.751. The minimum absolute atomic E-state index is 0.0535. The van der Waals surface area contributed by atoms with Gasteiger partial charge in [-0.05, 0) is 51.3 Å². The summed E-state index contributed by atoms with van der Waals surface area (Å²) in [5.41, 5.74) is 2.15. The van der Waals surface area contributed by atoms with E-state index in [4.69, 9.17) is 4.74 Å². The number of fused-ring (bicyclic) bond motifs is 1. The number of rotatable bonds is 4. The Morgan fingerprint density at radius 1 is 1.10 bits per heavy atom. The van der Waals surface area contributed by atoms with Crippen LogP contribution < -0.4 is 14.5 Å². The van der Waals surface area contributed by atoms with Gasteiger partial charge in [0.1, 0.15) is 11.8 Å². The van der Waals surface area contributed by atoms with E-state index in [2.05, 4.69) is 0 Å². The standard InChI is InChI=1S/C24H30N2O3/c1-16(18-10-8-7-9-11-18)14-22(27)25-17(2)23(28)26(24(3,4)5)21-15-19(29-6)12-13-20(21)25/h7-13,15-17H,14H2,1-6H3/t16-,17?/m0/s1. The van der Waals surface area contributed by atoms with Gasteiger partial charge in [0.15, 0.2) is 0 Å². The molecule has 0 aromatic heterocycles. The first-order valence-corrected chi connectivity index (χ1v) is 10.0. The number of carbonyl (C=O) groups is 2. The molecule has 1 heterocycles. The number of amides is 2. The number of anilines is 2. The molecular weight excluding hydrogens is 364 g/mol. The van der Waals surface area contributed by atoms with Gasteiger partial charge in [-0.25, -0.2) is 0 Å². The smallest absolute Gasteiger partial charge is 0.250 e. The van der Waals surface area contributed by atoms with Crippen molar-refractivity contribution in [3.05, 3.63) is 54.1 Å². The second kappa shape index (κ2) is 7.90. The molecule has 2 aromatic carbocycles. The maximum absolute atomic E-state index is 13.3. The van der Waals surface area contributed by atoms with Gasteiger partial charge in [0.2, 0.25) is 11.8 Å². The van der Waals surface area contributed by atoms with Gasteiger partial charge in [-0.2, -0.15) is 0 Å². The fraction of sp³-hybridized carbons (Fsp3) is 0.417. The fourth-order valence-corrected chi connectivity index (χ4v) is 3.94. The Bertz CT molecular complexity index is 902. The average molecular weight is 395 g/mol. The number of benzene rings is 2. The average Bonchev–Trinajstić information content (AvgIpc) is 2.68. The minimum Gasteiger partial charge on any atom is -0.497 e. The van der Waals surface area contributed by atoms with Gasteiger partial charge in [0, 0.05) is 18.0 Å². The Morgan fingerprint density at radius 2 is 1.76 bits per heavy atom. The van der Waals surface area contributed by atoms with Crippen molar-refractivity contribution < 1.29 is 14.3 Å². The molecule has 2 amide bonds. The molecule has 1 aliphatic rings. The number of hydrogen-bond acceptors (Lipinski definition) is 3. The highest BCUT2D eigenvalue weighted by atomic mass is 16.5. The molecule has 0 fully saturated rings. The lowest BCUT2D eigenvalue weighted by Gasteiger charge is -2.46. The van der Waals surface area contributed by atoms with Crippen molar-refractivity contribution in [1.82, 2.24) is 0 Å². The van der Waals surface area contributed by atoms with E-state index in [0.29, 0.717) is 17.9 Å². The van der Waals surface area contributed by atoms with E-state index in [1.807, 2.05) is 76.2 Å². The van der Waals surface area contributed by atoms with Crippen molar-refractivity contribution in [2.75, 3.05) is 16.9 Å². The van der Waals surface area contributed by atoms with Crippen LogP contribution in [0.15, 0.2) is 48.5 Å². The molecule has 2 atom stereocenters. The van der Waals surface area contributed by atoms with Crippen LogP contribution in [-0.2, 0) is 9.59 Å². The monoisotopic (exact) mass is 394 g/mol. The van der Waals surface area contributed by atoms with Crippen molar-refractivity contribution in [3.8, 4) is 5.75 Å². The molecule has 0 spiro atoms. The molecule has 154 valence electrons. The van der Waals surface area contributed by atoms with Crippen LogP contribution in [0.4, 0.5) is 11.4 Å². The molecule has 0 saturated carbocycles. The summed E-state index contributed by atoms with van der Waals surface area (Å²) in [7, 11) is 1.60. The van der Waals surface area contributed by atoms with Crippen molar-refractivity contribution in [2.24, 2.45) is 0 Å². The largest absolute Gasteiger partial charge is 0.497 e. The van der Waals surface area contributed by atoms with Gasteiger partial charge in [0.25, 0.3) is 0 Å². The molecule has 0 radical (unpaired) electrons. The Balaban J connectivity index is 2.00. The van der Waals surface area contributed by atoms with Crippen LogP contribution in [0.3, 0.4) is 0 Å². The lowest BCUT2D eigenvalue weighted by atomic mass is 9.94. The Hall–Kier alpha value is -2.82. The van der Waals surface area contributed by atoms with E-state index < -0.39 is 11.6 Å². The van der Waals surface area contributed by atoms with Crippen LogP contribution in [0.5, 0.6) is 5.75 Å². The molecule has 1 aliphatic heterocycles. The van der Waals surface area contributed by atoms with E-state index in [9.17, 15) is 9.59 Å². The molecule has 5 heteroatoms. The molecule has 0 N–H and O–H groups in total. The third kappa shape index (κ3) is 4.00. The van der Waals surface area contributed by atoms with Gasteiger partial charge in [0.05, 0.1) is 18.5 Å². The van der Waals surface area contributed by atoms with Gasteiger partial charge in [-0.1, -0.05) is 37.3 Å². The van der Waals surface area contributed by atoms with Crippen molar-refractivity contribution in [1.29, 1.82) is 0 Å². The summed E-state index contributed by atoms with van der Waals surface area (Å²) in [6, 6.07) is 15.0. The van der Waals surface area contributed by atoms with E-state index in [1.165, 1.54) is 0 Å². The van der Waals surface area contributed by atoms with Crippen LogP contribution in [0, 0.1) is 0 Å². The van der Waals surface area contributed by atoms with Gasteiger partial charge >= 0.3 is 0 Å². The predicted octanol–water partition coefficient (Wildman–Crippen LogP) is 4.76. The lowest BCUT2D eigenvalue weighted by Crippen LogP contribution is -2.59. The summed E-state index contributed by atoms with van der Waals surface area (Å²) < 4.78 is 5.38. The van der Waals surface area contributed by atoms with Crippen LogP contribution in [-0.4, -0.2) is 30.5 Å². The molecule has 0 aliphatic carbocycles. The molecule has 2 aromatic rings. The highest BCUT2D eigenvalue weighted by molar-refractivity contribution is 6.13. The number of carbonyl (C=O) groups excluding carboxylic acids is 2.